The lowest BCUT2D eigenvalue weighted by atomic mass is 10.1. The van der Waals surface area contributed by atoms with Gasteiger partial charge in [0.1, 0.15) is 5.60 Å². The van der Waals surface area contributed by atoms with Crippen molar-refractivity contribution in [2.24, 2.45) is 0 Å². The van der Waals surface area contributed by atoms with Gasteiger partial charge in [-0.05, 0) is 33.6 Å². The maximum atomic E-state index is 11.9. The van der Waals surface area contributed by atoms with E-state index in [0.717, 1.165) is 25.9 Å². The number of hydrogen-bond donors (Lipinski definition) is 0. The Labute approximate surface area is 99.1 Å². The maximum Gasteiger partial charge on any atom is 0.410 e. The monoisotopic (exact) mass is 227 g/mol. The standard InChI is InChI=1S/C13H25NO2/c1-13(2,3)16-12(15)14-10-8-6-4-5-7-9-11-14/h4-11H2,1-3H3. The lowest BCUT2D eigenvalue weighted by molar-refractivity contribution is 0.0247. The molecule has 1 rings (SSSR count). The van der Waals surface area contributed by atoms with E-state index in [1.54, 1.807) is 0 Å². The van der Waals surface area contributed by atoms with Gasteiger partial charge < -0.3 is 9.64 Å². The van der Waals surface area contributed by atoms with Crippen LogP contribution in [0.1, 0.15) is 59.3 Å². The Morgan fingerprint density at radius 1 is 0.938 bits per heavy atom. The fourth-order valence-electron chi connectivity index (χ4n) is 1.93. The third-order valence-corrected chi connectivity index (χ3v) is 2.76. The van der Waals surface area contributed by atoms with Crippen LogP contribution in [0.3, 0.4) is 0 Å². The molecule has 1 aliphatic rings. The smallest absolute Gasteiger partial charge is 0.410 e. The minimum absolute atomic E-state index is 0.144. The van der Waals surface area contributed by atoms with Gasteiger partial charge in [0, 0.05) is 13.1 Å². The average Bonchev–Trinajstić information content (AvgIpc) is 2.27. The molecule has 0 atom stereocenters. The molecule has 3 nitrogen and oxygen atoms in total. The van der Waals surface area contributed by atoms with E-state index in [0.29, 0.717) is 0 Å². The number of rotatable bonds is 0. The Balaban J connectivity index is 2.44. The van der Waals surface area contributed by atoms with Crippen molar-refractivity contribution in [1.82, 2.24) is 4.90 Å². The Hall–Kier alpha value is -0.730. The molecule has 0 N–H and O–H groups in total. The first-order valence-corrected chi connectivity index (χ1v) is 6.47. The highest BCUT2D eigenvalue weighted by Gasteiger charge is 2.21. The van der Waals surface area contributed by atoms with Crippen molar-refractivity contribution in [3.63, 3.8) is 0 Å². The molecule has 1 heterocycles. The van der Waals surface area contributed by atoms with Crippen LogP contribution in [0.4, 0.5) is 4.79 Å². The van der Waals surface area contributed by atoms with E-state index in [1.807, 2.05) is 25.7 Å². The molecule has 0 unspecified atom stereocenters. The van der Waals surface area contributed by atoms with Crippen molar-refractivity contribution in [3.05, 3.63) is 0 Å². The predicted octanol–water partition coefficient (Wildman–Crippen LogP) is 3.58. The van der Waals surface area contributed by atoms with Gasteiger partial charge in [-0.15, -0.1) is 0 Å². The largest absolute Gasteiger partial charge is 0.444 e. The summed E-state index contributed by atoms with van der Waals surface area (Å²) in [5.74, 6) is 0. The third-order valence-electron chi connectivity index (χ3n) is 2.76. The van der Waals surface area contributed by atoms with Gasteiger partial charge in [-0.2, -0.15) is 0 Å². The summed E-state index contributed by atoms with van der Waals surface area (Å²) >= 11 is 0. The second-order valence-corrected chi connectivity index (χ2v) is 5.59. The number of carbonyl (C=O) groups excluding carboxylic acids is 1. The molecular weight excluding hydrogens is 202 g/mol. The van der Waals surface area contributed by atoms with Crippen LogP contribution in [0, 0.1) is 0 Å². The Morgan fingerprint density at radius 3 is 1.81 bits per heavy atom. The molecule has 1 aliphatic heterocycles. The molecular formula is C13H25NO2. The highest BCUT2D eigenvalue weighted by atomic mass is 16.6. The van der Waals surface area contributed by atoms with Crippen LogP contribution in [0.2, 0.25) is 0 Å². The van der Waals surface area contributed by atoms with E-state index < -0.39 is 0 Å². The summed E-state index contributed by atoms with van der Waals surface area (Å²) in [5.41, 5.74) is -0.379. The van der Waals surface area contributed by atoms with E-state index in [1.165, 1.54) is 25.7 Å². The first-order valence-electron chi connectivity index (χ1n) is 6.47. The van der Waals surface area contributed by atoms with Crippen LogP contribution in [0.15, 0.2) is 0 Å². The zero-order chi connectivity index (χ0) is 12.0. The number of ether oxygens (including phenoxy) is 1. The van der Waals surface area contributed by atoms with Crippen LogP contribution < -0.4 is 0 Å². The Morgan fingerprint density at radius 2 is 1.38 bits per heavy atom. The zero-order valence-corrected chi connectivity index (χ0v) is 10.9. The van der Waals surface area contributed by atoms with E-state index in [4.69, 9.17) is 4.74 Å². The van der Waals surface area contributed by atoms with Crippen molar-refractivity contribution in [2.45, 2.75) is 64.9 Å². The van der Waals surface area contributed by atoms with Gasteiger partial charge in [0.25, 0.3) is 0 Å². The lowest BCUT2D eigenvalue weighted by Gasteiger charge is -2.27. The summed E-state index contributed by atoms with van der Waals surface area (Å²) in [4.78, 5) is 13.8. The number of amides is 1. The fraction of sp³-hybridized carbons (Fsp3) is 0.923. The normalized spacial score (nSPS) is 19.6. The molecule has 1 saturated heterocycles. The molecule has 0 aromatic carbocycles. The van der Waals surface area contributed by atoms with Crippen LogP contribution >= 0.6 is 0 Å². The summed E-state index contributed by atoms with van der Waals surface area (Å²) in [6, 6.07) is 0. The summed E-state index contributed by atoms with van der Waals surface area (Å²) in [6.45, 7) is 7.47. The summed E-state index contributed by atoms with van der Waals surface area (Å²) in [5, 5.41) is 0. The number of hydrogen-bond acceptors (Lipinski definition) is 2. The fourth-order valence-corrected chi connectivity index (χ4v) is 1.93. The molecule has 16 heavy (non-hydrogen) atoms. The molecule has 94 valence electrons. The summed E-state index contributed by atoms with van der Waals surface area (Å²) < 4.78 is 5.40. The Kier molecular flexibility index (Phi) is 5.10. The van der Waals surface area contributed by atoms with E-state index in [2.05, 4.69) is 0 Å². The minimum atomic E-state index is -0.379. The van der Waals surface area contributed by atoms with Crippen LogP contribution in [-0.4, -0.2) is 29.7 Å². The molecule has 0 spiro atoms. The zero-order valence-electron chi connectivity index (χ0n) is 10.9. The van der Waals surface area contributed by atoms with Gasteiger partial charge in [-0.25, -0.2) is 4.79 Å². The van der Waals surface area contributed by atoms with Gasteiger partial charge in [0.05, 0.1) is 0 Å². The molecule has 1 amide bonds. The third kappa shape index (κ3) is 5.38. The van der Waals surface area contributed by atoms with Gasteiger partial charge in [0.2, 0.25) is 0 Å². The van der Waals surface area contributed by atoms with Crippen molar-refractivity contribution >= 4 is 6.09 Å². The van der Waals surface area contributed by atoms with Gasteiger partial charge >= 0.3 is 6.09 Å². The lowest BCUT2D eigenvalue weighted by Crippen LogP contribution is -2.37. The minimum Gasteiger partial charge on any atom is -0.444 e. The first kappa shape index (κ1) is 13.3. The average molecular weight is 227 g/mol. The molecule has 0 radical (unpaired) electrons. The van der Waals surface area contributed by atoms with Gasteiger partial charge in [-0.1, -0.05) is 25.7 Å². The van der Waals surface area contributed by atoms with Gasteiger partial charge in [0.15, 0.2) is 0 Å². The topological polar surface area (TPSA) is 29.5 Å². The van der Waals surface area contributed by atoms with Crippen molar-refractivity contribution < 1.29 is 9.53 Å². The number of carbonyl (C=O) groups is 1. The molecule has 0 bridgehead atoms. The molecule has 0 saturated carbocycles. The van der Waals surface area contributed by atoms with Crippen molar-refractivity contribution in [2.75, 3.05) is 13.1 Å². The van der Waals surface area contributed by atoms with Crippen LogP contribution in [0.25, 0.3) is 0 Å². The summed E-state index contributed by atoms with van der Waals surface area (Å²) in [6.07, 6.45) is 7.16. The molecule has 0 aromatic rings. The molecule has 3 heteroatoms. The number of nitrogens with zero attached hydrogens (tertiary/aromatic N) is 1. The molecule has 0 aromatic heterocycles. The quantitative estimate of drug-likeness (QED) is 0.633. The van der Waals surface area contributed by atoms with Crippen molar-refractivity contribution in [3.8, 4) is 0 Å². The van der Waals surface area contributed by atoms with Crippen LogP contribution in [-0.2, 0) is 4.74 Å². The highest BCUT2D eigenvalue weighted by Crippen LogP contribution is 2.14. The van der Waals surface area contributed by atoms with E-state index in [-0.39, 0.29) is 11.7 Å². The second kappa shape index (κ2) is 6.12. The van der Waals surface area contributed by atoms with Gasteiger partial charge in [-0.3, -0.25) is 0 Å². The Bertz CT molecular complexity index is 210. The van der Waals surface area contributed by atoms with E-state index in [9.17, 15) is 4.79 Å². The summed E-state index contributed by atoms with van der Waals surface area (Å²) in [7, 11) is 0. The van der Waals surface area contributed by atoms with E-state index >= 15 is 0 Å². The molecule has 1 fully saturated rings. The molecule has 0 aliphatic carbocycles. The van der Waals surface area contributed by atoms with Crippen molar-refractivity contribution in [1.29, 1.82) is 0 Å². The highest BCUT2D eigenvalue weighted by molar-refractivity contribution is 5.68. The predicted molar refractivity (Wildman–Crippen MR) is 65.5 cm³/mol. The van der Waals surface area contributed by atoms with Crippen LogP contribution in [0.5, 0.6) is 0 Å². The SMILES string of the molecule is CC(C)(C)OC(=O)N1CCCCCCCC1. The maximum absolute atomic E-state index is 11.9. The first-order chi connectivity index (χ1) is 7.49. The second-order valence-electron chi connectivity index (χ2n) is 5.59.